The molecule has 0 aliphatic heterocycles. The smallest absolute Gasteiger partial charge is 0.335 e. The summed E-state index contributed by atoms with van der Waals surface area (Å²) in [5.74, 6) is -1.74. The van der Waals surface area contributed by atoms with Gasteiger partial charge >= 0.3 is 5.97 Å². The Morgan fingerprint density at radius 2 is 1.77 bits per heavy atom. The van der Waals surface area contributed by atoms with Crippen molar-refractivity contribution >= 4 is 52.5 Å². The quantitative estimate of drug-likeness (QED) is 0.170. The zero-order chi connectivity index (χ0) is 25.5. The Bertz CT molecular complexity index is 1360. The normalized spacial score (nSPS) is 10.8. The predicted octanol–water partition coefficient (Wildman–Crippen LogP) is 5.72. The van der Waals surface area contributed by atoms with Crippen molar-refractivity contribution in [3.05, 3.63) is 103 Å². The lowest BCUT2D eigenvalue weighted by Crippen LogP contribution is -2.14. The third-order valence-corrected chi connectivity index (χ3v) is 5.16. The van der Waals surface area contributed by atoms with Crippen molar-refractivity contribution in [3.63, 3.8) is 0 Å². The molecule has 3 aromatic carbocycles. The SMILES string of the molecule is N#C/C(=C/c1cc(Cl)c(OCc2ccc([N+](=O)[O-])cc2)c(Cl)c1)C(=O)Nc1cccc(C(=O)O)c1. The first kappa shape index (κ1) is 25.2. The number of anilines is 1. The minimum atomic E-state index is -1.16. The molecule has 11 heteroatoms. The highest BCUT2D eigenvalue weighted by Gasteiger charge is 2.14. The molecule has 1 amide bonds. The fraction of sp³-hybridized carbons (Fsp3) is 0.0417. The van der Waals surface area contributed by atoms with Gasteiger partial charge in [0.2, 0.25) is 0 Å². The van der Waals surface area contributed by atoms with E-state index in [-0.39, 0.29) is 44.9 Å². The highest BCUT2D eigenvalue weighted by atomic mass is 35.5. The summed E-state index contributed by atoms with van der Waals surface area (Å²) in [6.45, 7) is 0.0495. The molecule has 9 nitrogen and oxygen atoms in total. The van der Waals surface area contributed by atoms with E-state index in [0.29, 0.717) is 11.1 Å². The van der Waals surface area contributed by atoms with E-state index >= 15 is 0 Å². The maximum Gasteiger partial charge on any atom is 0.335 e. The molecule has 0 heterocycles. The third-order valence-electron chi connectivity index (χ3n) is 4.59. The van der Waals surface area contributed by atoms with Crippen LogP contribution >= 0.6 is 23.2 Å². The Kier molecular flexibility index (Phi) is 8.04. The first-order valence-electron chi connectivity index (χ1n) is 9.79. The minimum absolute atomic E-state index is 0.0202. The average molecular weight is 512 g/mol. The number of nitrogens with one attached hydrogen (secondary N) is 1. The van der Waals surface area contributed by atoms with Crippen LogP contribution in [0.1, 0.15) is 21.5 Å². The van der Waals surface area contributed by atoms with Crippen molar-refractivity contribution in [2.45, 2.75) is 6.61 Å². The summed E-state index contributed by atoms with van der Waals surface area (Å²) < 4.78 is 5.65. The van der Waals surface area contributed by atoms with Gasteiger partial charge in [-0.25, -0.2) is 4.79 Å². The van der Waals surface area contributed by atoms with Gasteiger partial charge in [0.1, 0.15) is 18.2 Å². The van der Waals surface area contributed by atoms with E-state index in [9.17, 15) is 25.0 Å². The van der Waals surface area contributed by atoms with Gasteiger partial charge in [-0.15, -0.1) is 0 Å². The van der Waals surface area contributed by atoms with Gasteiger partial charge in [0.15, 0.2) is 5.75 Å². The number of nitriles is 1. The summed E-state index contributed by atoms with van der Waals surface area (Å²) in [6.07, 6.45) is 1.27. The number of carbonyl (C=O) groups excluding carboxylic acids is 1. The molecule has 0 fully saturated rings. The number of hydrogen-bond donors (Lipinski definition) is 2. The van der Waals surface area contributed by atoms with Gasteiger partial charge in [-0.1, -0.05) is 29.3 Å². The monoisotopic (exact) mass is 511 g/mol. The molecule has 0 saturated carbocycles. The van der Waals surface area contributed by atoms with Crippen LogP contribution in [0, 0.1) is 21.4 Å². The second kappa shape index (κ2) is 11.2. The van der Waals surface area contributed by atoms with Gasteiger partial charge in [0.25, 0.3) is 11.6 Å². The molecular formula is C24H15Cl2N3O6. The molecule has 2 N–H and O–H groups in total. The van der Waals surface area contributed by atoms with Crippen molar-refractivity contribution in [3.8, 4) is 11.8 Å². The Morgan fingerprint density at radius 1 is 1.11 bits per heavy atom. The second-order valence-corrected chi connectivity index (χ2v) is 7.85. The maximum atomic E-state index is 12.5. The Balaban J connectivity index is 1.75. The summed E-state index contributed by atoms with van der Waals surface area (Å²) in [5, 5.41) is 32.0. The largest absolute Gasteiger partial charge is 0.486 e. The number of nitro benzene ring substituents is 1. The number of carboxylic acid groups (broad SMARTS) is 1. The zero-order valence-electron chi connectivity index (χ0n) is 17.7. The number of non-ortho nitro benzene ring substituents is 1. The van der Waals surface area contributed by atoms with Gasteiger partial charge in [-0.3, -0.25) is 14.9 Å². The molecule has 0 spiro atoms. The molecule has 176 valence electrons. The summed E-state index contributed by atoms with van der Waals surface area (Å²) in [7, 11) is 0. The van der Waals surface area contributed by atoms with Gasteiger partial charge in [-0.2, -0.15) is 5.26 Å². The van der Waals surface area contributed by atoms with Crippen molar-refractivity contribution in [2.24, 2.45) is 0 Å². The summed E-state index contributed by atoms with van der Waals surface area (Å²) in [5.41, 5.74) is 0.886. The first-order valence-corrected chi connectivity index (χ1v) is 10.5. The number of rotatable bonds is 8. The topological polar surface area (TPSA) is 143 Å². The Morgan fingerprint density at radius 3 is 2.34 bits per heavy atom. The number of aromatic carboxylic acids is 1. The standard InChI is InChI=1S/C24H15Cl2N3O6/c25-20-9-15(8-17(12-27)23(30)28-18-3-1-2-16(11-18)24(31)32)10-21(26)22(20)35-13-14-4-6-19(7-5-14)29(33)34/h1-11H,13H2,(H,28,30)(H,31,32)/b17-8-. The van der Waals surface area contributed by atoms with Crippen LogP contribution in [0.3, 0.4) is 0 Å². The van der Waals surface area contributed by atoms with Crippen LogP contribution < -0.4 is 10.1 Å². The van der Waals surface area contributed by atoms with E-state index in [1.807, 2.05) is 0 Å². The fourth-order valence-electron chi connectivity index (χ4n) is 2.91. The molecule has 35 heavy (non-hydrogen) atoms. The molecular weight excluding hydrogens is 497 g/mol. The predicted molar refractivity (Wildman–Crippen MR) is 130 cm³/mol. The van der Waals surface area contributed by atoms with Crippen LogP contribution in [0.2, 0.25) is 10.0 Å². The number of carbonyl (C=O) groups is 2. The number of amides is 1. The van der Waals surface area contributed by atoms with Crippen LogP contribution in [0.5, 0.6) is 5.75 Å². The number of carboxylic acids is 1. The number of halogens is 2. The van der Waals surface area contributed by atoms with Crippen LogP contribution in [0.25, 0.3) is 6.08 Å². The number of hydrogen-bond acceptors (Lipinski definition) is 6. The van der Waals surface area contributed by atoms with E-state index in [1.165, 1.54) is 54.6 Å². The minimum Gasteiger partial charge on any atom is -0.486 e. The van der Waals surface area contributed by atoms with E-state index < -0.39 is 16.8 Å². The van der Waals surface area contributed by atoms with Crippen LogP contribution in [0.15, 0.2) is 66.2 Å². The number of benzene rings is 3. The van der Waals surface area contributed by atoms with Crippen LogP contribution in [-0.2, 0) is 11.4 Å². The molecule has 0 aliphatic carbocycles. The lowest BCUT2D eigenvalue weighted by molar-refractivity contribution is -0.384. The lowest BCUT2D eigenvalue weighted by Gasteiger charge is -2.11. The van der Waals surface area contributed by atoms with Crippen molar-refractivity contribution < 1.29 is 24.4 Å². The third kappa shape index (κ3) is 6.57. The summed E-state index contributed by atoms with van der Waals surface area (Å²) in [6, 6.07) is 16.1. The number of nitro groups is 1. The zero-order valence-corrected chi connectivity index (χ0v) is 19.2. The highest BCUT2D eigenvalue weighted by Crippen LogP contribution is 2.35. The Labute approximate surface area is 208 Å². The molecule has 0 bridgehead atoms. The second-order valence-electron chi connectivity index (χ2n) is 7.04. The van der Waals surface area contributed by atoms with Gasteiger partial charge in [-0.05, 0) is 59.7 Å². The average Bonchev–Trinajstić information content (AvgIpc) is 2.82. The van der Waals surface area contributed by atoms with Crippen molar-refractivity contribution in [2.75, 3.05) is 5.32 Å². The van der Waals surface area contributed by atoms with Gasteiger partial charge in [0, 0.05) is 17.8 Å². The number of ether oxygens (including phenoxy) is 1. The highest BCUT2D eigenvalue weighted by molar-refractivity contribution is 6.37. The van der Waals surface area contributed by atoms with Crippen LogP contribution in [0.4, 0.5) is 11.4 Å². The lowest BCUT2D eigenvalue weighted by atomic mass is 10.1. The maximum absolute atomic E-state index is 12.5. The fourth-order valence-corrected chi connectivity index (χ4v) is 3.53. The summed E-state index contributed by atoms with van der Waals surface area (Å²) in [4.78, 5) is 33.8. The molecule has 0 aliphatic rings. The Hall–Kier alpha value is -4.39. The van der Waals surface area contributed by atoms with Gasteiger partial charge in [0.05, 0.1) is 20.5 Å². The summed E-state index contributed by atoms with van der Waals surface area (Å²) >= 11 is 12.6. The van der Waals surface area contributed by atoms with Gasteiger partial charge < -0.3 is 15.2 Å². The molecule has 3 rings (SSSR count). The molecule has 0 aromatic heterocycles. The van der Waals surface area contributed by atoms with Crippen molar-refractivity contribution in [1.82, 2.24) is 0 Å². The van der Waals surface area contributed by atoms with E-state index in [1.54, 1.807) is 18.2 Å². The number of nitrogens with zero attached hydrogens (tertiary/aromatic N) is 2. The van der Waals surface area contributed by atoms with E-state index in [2.05, 4.69) is 5.32 Å². The molecule has 0 atom stereocenters. The van der Waals surface area contributed by atoms with Crippen LogP contribution in [-0.4, -0.2) is 21.9 Å². The molecule has 3 aromatic rings. The molecule has 0 unspecified atom stereocenters. The van der Waals surface area contributed by atoms with Crippen molar-refractivity contribution in [1.29, 1.82) is 5.26 Å². The first-order chi connectivity index (χ1) is 16.7. The van der Waals surface area contributed by atoms with E-state index in [4.69, 9.17) is 33.0 Å². The molecule has 0 radical (unpaired) electrons. The molecule has 0 saturated heterocycles. The van der Waals surface area contributed by atoms with E-state index in [0.717, 1.165) is 0 Å².